The van der Waals surface area contributed by atoms with Crippen LogP contribution >= 0.6 is 7.82 Å². The minimum Gasteiger partial charge on any atom is -0.457 e. The standard InChI is InChI=1S/C31H61O9P/c1-3-5-7-9-11-13-14-15-16-18-20-22-24-37-27-30(28-39-41(35,36)38-26-29(33)25-32)40-31(34)23-21-19-17-12-10-8-6-4-2/h9,11,29-30,32-33H,3-8,10,12-28H2,1-2H3,(H,35,36)/b11-9-. The van der Waals surface area contributed by atoms with Crippen LogP contribution in [0.25, 0.3) is 0 Å². The molecule has 0 aliphatic heterocycles. The summed E-state index contributed by atoms with van der Waals surface area (Å²) in [6.07, 6.45) is 23.2. The molecule has 0 aromatic heterocycles. The van der Waals surface area contributed by atoms with E-state index in [0.29, 0.717) is 6.61 Å². The van der Waals surface area contributed by atoms with Crippen LogP contribution in [0.5, 0.6) is 0 Å². The summed E-state index contributed by atoms with van der Waals surface area (Å²) in [5.41, 5.74) is 0. The van der Waals surface area contributed by atoms with Crippen LogP contribution in [-0.4, -0.2) is 66.3 Å². The monoisotopic (exact) mass is 608 g/mol. The molecule has 3 atom stereocenters. The third kappa shape index (κ3) is 29.1. The van der Waals surface area contributed by atoms with Crippen LogP contribution in [0.15, 0.2) is 12.2 Å². The van der Waals surface area contributed by atoms with Crippen molar-refractivity contribution in [1.82, 2.24) is 0 Å². The van der Waals surface area contributed by atoms with Gasteiger partial charge in [-0.1, -0.05) is 109 Å². The van der Waals surface area contributed by atoms with Gasteiger partial charge >= 0.3 is 13.8 Å². The van der Waals surface area contributed by atoms with E-state index in [-0.39, 0.29) is 19.6 Å². The molecule has 0 aliphatic carbocycles. The zero-order valence-electron chi connectivity index (χ0n) is 26.0. The van der Waals surface area contributed by atoms with E-state index in [9.17, 15) is 19.4 Å². The second-order valence-electron chi connectivity index (χ2n) is 10.8. The largest absolute Gasteiger partial charge is 0.472 e. The van der Waals surface area contributed by atoms with Gasteiger partial charge in [-0.05, 0) is 32.1 Å². The van der Waals surface area contributed by atoms with Gasteiger partial charge in [-0.25, -0.2) is 4.57 Å². The highest BCUT2D eigenvalue weighted by atomic mass is 31.2. The lowest BCUT2D eigenvalue weighted by molar-refractivity contribution is -0.154. The average Bonchev–Trinajstić information content (AvgIpc) is 2.96. The first-order chi connectivity index (χ1) is 19.8. The second kappa shape index (κ2) is 29.3. The molecule has 0 heterocycles. The van der Waals surface area contributed by atoms with Crippen molar-refractivity contribution in [3.05, 3.63) is 12.2 Å². The van der Waals surface area contributed by atoms with Crippen molar-refractivity contribution in [1.29, 1.82) is 0 Å². The van der Waals surface area contributed by atoms with Crippen LogP contribution in [0.3, 0.4) is 0 Å². The van der Waals surface area contributed by atoms with Crippen LogP contribution in [0.4, 0.5) is 0 Å². The van der Waals surface area contributed by atoms with Crippen molar-refractivity contribution in [2.24, 2.45) is 0 Å². The molecule has 0 aromatic rings. The number of carbonyl (C=O) groups is 1. The number of esters is 1. The Kier molecular flexibility index (Phi) is 28.7. The fraction of sp³-hybridized carbons (Fsp3) is 0.903. The highest BCUT2D eigenvalue weighted by Gasteiger charge is 2.26. The van der Waals surface area contributed by atoms with Gasteiger partial charge in [-0.15, -0.1) is 0 Å². The van der Waals surface area contributed by atoms with E-state index < -0.39 is 39.2 Å². The van der Waals surface area contributed by atoms with E-state index in [0.717, 1.165) is 44.9 Å². The minimum atomic E-state index is -4.49. The van der Waals surface area contributed by atoms with E-state index in [1.165, 1.54) is 70.6 Å². The van der Waals surface area contributed by atoms with Gasteiger partial charge in [0, 0.05) is 13.0 Å². The highest BCUT2D eigenvalue weighted by Crippen LogP contribution is 2.43. The molecule has 9 nitrogen and oxygen atoms in total. The molecule has 3 unspecified atom stereocenters. The first kappa shape index (κ1) is 40.2. The normalized spacial score (nSPS) is 14.8. The summed E-state index contributed by atoms with van der Waals surface area (Å²) in [4.78, 5) is 22.2. The Morgan fingerprint density at radius 3 is 1.90 bits per heavy atom. The maximum Gasteiger partial charge on any atom is 0.472 e. The fourth-order valence-electron chi connectivity index (χ4n) is 4.16. The number of phosphoric ester groups is 1. The van der Waals surface area contributed by atoms with Crippen LogP contribution in [0, 0.1) is 0 Å². The molecule has 0 amide bonds. The fourth-order valence-corrected chi connectivity index (χ4v) is 4.95. The maximum absolute atomic E-state index is 12.4. The van der Waals surface area contributed by atoms with Gasteiger partial charge in [0.25, 0.3) is 0 Å². The Labute approximate surface area is 250 Å². The van der Waals surface area contributed by atoms with Crippen LogP contribution < -0.4 is 0 Å². The molecule has 0 aliphatic rings. The van der Waals surface area contributed by atoms with Gasteiger partial charge in [0.05, 0.1) is 26.4 Å². The quantitative estimate of drug-likeness (QED) is 0.0318. The van der Waals surface area contributed by atoms with E-state index in [1.54, 1.807) is 0 Å². The van der Waals surface area contributed by atoms with Crippen molar-refractivity contribution < 1.29 is 43.0 Å². The third-order valence-corrected chi connectivity index (χ3v) is 7.65. The number of aliphatic hydroxyl groups is 2. The topological polar surface area (TPSA) is 132 Å². The predicted octanol–water partition coefficient (Wildman–Crippen LogP) is 7.41. The lowest BCUT2D eigenvalue weighted by Crippen LogP contribution is -2.29. The summed E-state index contributed by atoms with van der Waals surface area (Å²) in [5, 5.41) is 18.2. The number of allylic oxidation sites excluding steroid dienone is 2. The number of carbonyl (C=O) groups excluding carboxylic acids is 1. The van der Waals surface area contributed by atoms with Crippen LogP contribution in [0.1, 0.15) is 136 Å². The van der Waals surface area contributed by atoms with Crippen LogP contribution in [-0.2, 0) is 27.9 Å². The molecule has 41 heavy (non-hydrogen) atoms. The Morgan fingerprint density at radius 1 is 0.732 bits per heavy atom. The van der Waals surface area contributed by atoms with E-state index in [2.05, 4.69) is 30.5 Å². The molecule has 10 heteroatoms. The zero-order valence-corrected chi connectivity index (χ0v) is 26.9. The number of aliphatic hydroxyl groups excluding tert-OH is 2. The second-order valence-corrected chi connectivity index (χ2v) is 12.3. The molecule has 0 bridgehead atoms. The molecule has 0 saturated heterocycles. The predicted molar refractivity (Wildman–Crippen MR) is 164 cm³/mol. The number of ether oxygens (including phenoxy) is 2. The summed E-state index contributed by atoms with van der Waals surface area (Å²) in [5.74, 6) is -0.391. The first-order valence-electron chi connectivity index (χ1n) is 16.2. The zero-order chi connectivity index (χ0) is 30.4. The highest BCUT2D eigenvalue weighted by molar-refractivity contribution is 7.47. The summed E-state index contributed by atoms with van der Waals surface area (Å²) in [6, 6.07) is 0. The van der Waals surface area contributed by atoms with Crippen molar-refractivity contribution in [2.75, 3.05) is 33.0 Å². The van der Waals surface area contributed by atoms with Crippen molar-refractivity contribution in [2.45, 2.75) is 148 Å². The third-order valence-electron chi connectivity index (χ3n) is 6.70. The molecule has 0 spiro atoms. The number of phosphoric acid groups is 1. The molecular weight excluding hydrogens is 547 g/mol. The first-order valence-corrected chi connectivity index (χ1v) is 17.7. The Bertz CT molecular complexity index is 659. The molecule has 0 aromatic carbocycles. The van der Waals surface area contributed by atoms with Crippen molar-refractivity contribution in [3.8, 4) is 0 Å². The lowest BCUT2D eigenvalue weighted by Gasteiger charge is -2.20. The minimum absolute atomic E-state index is 0.0484. The Morgan fingerprint density at radius 2 is 1.27 bits per heavy atom. The SMILES string of the molecule is CCCC/C=C\CCCCCCCCOCC(COP(=O)(O)OCC(O)CO)OC(=O)CCCCCCCCCC. The van der Waals surface area contributed by atoms with Gasteiger partial charge in [-0.2, -0.15) is 0 Å². The molecule has 0 fully saturated rings. The lowest BCUT2D eigenvalue weighted by atomic mass is 10.1. The van der Waals surface area contributed by atoms with E-state index >= 15 is 0 Å². The van der Waals surface area contributed by atoms with Crippen molar-refractivity contribution in [3.63, 3.8) is 0 Å². The number of unbranched alkanes of at least 4 members (excludes halogenated alkanes) is 15. The van der Waals surface area contributed by atoms with Gasteiger partial charge in [0.2, 0.25) is 0 Å². The van der Waals surface area contributed by atoms with Gasteiger partial charge in [0.15, 0.2) is 0 Å². The summed E-state index contributed by atoms with van der Waals surface area (Å²) < 4.78 is 33.0. The van der Waals surface area contributed by atoms with Crippen molar-refractivity contribution >= 4 is 13.8 Å². The Hall–Kier alpha value is -0.800. The van der Waals surface area contributed by atoms with Crippen LogP contribution in [0.2, 0.25) is 0 Å². The smallest absolute Gasteiger partial charge is 0.457 e. The summed E-state index contributed by atoms with van der Waals surface area (Å²) in [6.45, 7) is 3.42. The van der Waals surface area contributed by atoms with Gasteiger partial charge in [-0.3, -0.25) is 13.8 Å². The molecule has 0 saturated carbocycles. The van der Waals surface area contributed by atoms with E-state index in [4.69, 9.17) is 19.1 Å². The number of hydrogen-bond donors (Lipinski definition) is 3. The molecule has 0 radical (unpaired) electrons. The summed E-state index contributed by atoms with van der Waals surface area (Å²) in [7, 11) is -4.49. The van der Waals surface area contributed by atoms with E-state index in [1.807, 2.05) is 0 Å². The molecule has 3 N–H and O–H groups in total. The van der Waals surface area contributed by atoms with Gasteiger partial charge < -0.3 is 24.6 Å². The molecule has 0 rings (SSSR count). The average molecular weight is 609 g/mol. The van der Waals surface area contributed by atoms with Gasteiger partial charge in [0.1, 0.15) is 12.2 Å². The summed E-state index contributed by atoms with van der Waals surface area (Å²) >= 11 is 0. The number of rotatable bonds is 31. The Balaban J connectivity index is 4.29. The molecule has 244 valence electrons. The maximum atomic E-state index is 12.4. The molecular formula is C31H61O9P. The number of hydrogen-bond acceptors (Lipinski definition) is 8.